The van der Waals surface area contributed by atoms with Crippen molar-refractivity contribution >= 4 is 45.0 Å². The molecule has 0 bridgehead atoms. The van der Waals surface area contributed by atoms with Gasteiger partial charge < -0.3 is 24.8 Å². The summed E-state index contributed by atoms with van der Waals surface area (Å²) in [5, 5.41) is 7.15. The Labute approximate surface area is 247 Å². The summed E-state index contributed by atoms with van der Waals surface area (Å²) in [5.41, 5.74) is 1.64. The van der Waals surface area contributed by atoms with Gasteiger partial charge in [-0.25, -0.2) is 4.39 Å². The van der Waals surface area contributed by atoms with Crippen molar-refractivity contribution in [3.05, 3.63) is 84.9 Å². The first kappa shape index (κ1) is 27.9. The molecule has 3 aromatic carbocycles. The van der Waals surface area contributed by atoms with Crippen LogP contribution in [0.25, 0.3) is 21.8 Å². The van der Waals surface area contributed by atoms with Crippen molar-refractivity contribution in [2.75, 3.05) is 24.9 Å². The molecule has 0 spiro atoms. The molecule has 1 aliphatic rings. The molecule has 9 nitrogen and oxygen atoms in total. The monoisotopic (exact) mass is 580 g/mol. The zero-order valence-corrected chi connectivity index (χ0v) is 24.0. The van der Waals surface area contributed by atoms with Crippen LogP contribution in [-0.4, -0.2) is 36.0 Å². The predicted octanol–water partition coefficient (Wildman–Crippen LogP) is 6.58. The van der Waals surface area contributed by atoms with Crippen LogP contribution in [0.5, 0.6) is 23.0 Å². The van der Waals surface area contributed by atoms with Crippen molar-refractivity contribution in [1.29, 1.82) is 0 Å². The third kappa shape index (κ3) is 5.27. The second-order valence-electron chi connectivity index (χ2n) is 11.0. The minimum absolute atomic E-state index is 0.0340. The van der Waals surface area contributed by atoms with Gasteiger partial charge >= 0.3 is 0 Å². The van der Waals surface area contributed by atoms with Gasteiger partial charge in [-0.1, -0.05) is 32.0 Å². The zero-order chi connectivity index (χ0) is 30.3. The number of fused-ring (bicyclic) bond motifs is 2. The Balaban J connectivity index is 1.14. The van der Waals surface area contributed by atoms with E-state index >= 15 is 4.39 Å². The number of aromatic nitrogens is 2. The summed E-state index contributed by atoms with van der Waals surface area (Å²) < 4.78 is 31.8. The molecular weight excluding hydrogens is 551 g/mol. The van der Waals surface area contributed by atoms with Crippen LogP contribution in [0.2, 0.25) is 0 Å². The Hall–Kier alpha value is -5.25. The molecule has 0 aliphatic heterocycles. The van der Waals surface area contributed by atoms with E-state index in [9.17, 15) is 9.59 Å². The number of carbonyl (C=O) groups excluding carboxylic acids is 2. The molecule has 218 valence electrons. The number of para-hydroxylation sites is 1. The Morgan fingerprint density at radius 2 is 1.47 bits per heavy atom. The van der Waals surface area contributed by atoms with E-state index in [0.29, 0.717) is 33.8 Å². The number of carbonyl (C=O) groups is 2. The van der Waals surface area contributed by atoms with E-state index < -0.39 is 23.1 Å². The molecule has 10 heteroatoms. The summed E-state index contributed by atoms with van der Waals surface area (Å²) in [7, 11) is 3.05. The lowest BCUT2D eigenvalue weighted by atomic mass is 10.1. The van der Waals surface area contributed by atoms with Crippen molar-refractivity contribution in [2.45, 2.75) is 13.8 Å². The molecular formula is C33H29FN4O5. The SMILES string of the molecule is COc1cc2nccc(Oc3ccc(NC(=O)[C@H]4[C@@H](C(=O)Nc5cnc6ccccc6c5)C4(C)C)cc3F)c2cc1OC. The van der Waals surface area contributed by atoms with Crippen molar-refractivity contribution in [3.8, 4) is 23.0 Å². The third-order valence-corrected chi connectivity index (χ3v) is 7.88. The lowest BCUT2D eigenvalue weighted by Gasteiger charge is -2.13. The summed E-state index contributed by atoms with van der Waals surface area (Å²) in [6.07, 6.45) is 3.15. The van der Waals surface area contributed by atoms with Crippen LogP contribution in [0.15, 0.2) is 79.1 Å². The Morgan fingerprint density at radius 1 is 0.767 bits per heavy atom. The summed E-state index contributed by atoms with van der Waals surface area (Å²) >= 11 is 0. The molecule has 1 fully saturated rings. The second kappa shape index (κ2) is 10.9. The number of amides is 2. The number of nitrogens with one attached hydrogen (secondary N) is 2. The summed E-state index contributed by atoms with van der Waals surface area (Å²) in [6, 6.07) is 18.7. The van der Waals surface area contributed by atoms with E-state index in [-0.39, 0.29) is 23.3 Å². The molecule has 2 heterocycles. The van der Waals surface area contributed by atoms with Gasteiger partial charge in [0.15, 0.2) is 23.1 Å². The highest BCUT2D eigenvalue weighted by Crippen LogP contribution is 2.59. The van der Waals surface area contributed by atoms with Gasteiger partial charge in [0.25, 0.3) is 0 Å². The number of ether oxygens (including phenoxy) is 3. The van der Waals surface area contributed by atoms with E-state index in [2.05, 4.69) is 20.6 Å². The summed E-state index contributed by atoms with van der Waals surface area (Å²) in [6.45, 7) is 3.72. The normalized spacial score (nSPS) is 16.9. The van der Waals surface area contributed by atoms with Gasteiger partial charge in [-0.2, -0.15) is 0 Å². The zero-order valence-electron chi connectivity index (χ0n) is 24.0. The number of halogens is 1. The van der Waals surface area contributed by atoms with Crippen molar-refractivity contribution in [3.63, 3.8) is 0 Å². The topological polar surface area (TPSA) is 112 Å². The molecule has 2 N–H and O–H groups in total. The Kier molecular flexibility index (Phi) is 7.05. The number of rotatable bonds is 8. The minimum Gasteiger partial charge on any atom is -0.493 e. The first-order valence-corrected chi connectivity index (χ1v) is 13.6. The fourth-order valence-electron chi connectivity index (χ4n) is 5.51. The van der Waals surface area contributed by atoms with Gasteiger partial charge in [-0.15, -0.1) is 0 Å². The molecule has 6 rings (SSSR count). The van der Waals surface area contributed by atoms with E-state index in [4.69, 9.17) is 14.2 Å². The van der Waals surface area contributed by atoms with Gasteiger partial charge in [0.2, 0.25) is 11.8 Å². The van der Waals surface area contributed by atoms with E-state index in [0.717, 1.165) is 10.9 Å². The van der Waals surface area contributed by atoms with E-state index in [1.165, 1.54) is 26.4 Å². The minimum atomic E-state index is -0.670. The van der Waals surface area contributed by atoms with Gasteiger partial charge in [0.05, 0.1) is 49.0 Å². The average molecular weight is 581 g/mol. The molecule has 0 saturated heterocycles. The Bertz CT molecular complexity index is 1890. The second-order valence-corrected chi connectivity index (χ2v) is 11.0. The fourth-order valence-corrected chi connectivity index (χ4v) is 5.51. The summed E-state index contributed by atoms with van der Waals surface area (Å²) in [4.78, 5) is 35.0. The van der Waals surface area contributed by atoms with Crippen LogP contribution in [0.4, 0.5) is 15.8 Å². The maximum Gasteiger partial charge on any atom is 0.228 e. The summed E-state index contributed by atoms with van der Waals surface area (Å²) in [5.74, 6) is -1.11. The van der Waals surface area contributed by atoms with Crippen LogP contribution in [-0.2, 0) is 9.59 Å². The third-order valence-electron chi connectivity index (χ3n) is 7.88. The van der Waals surface area contributed by atoms with Crippen LogP contribution < -0.4 is 24.8 Å². The quantitative estimate of drug-likeness (QED) is 0.213. The van der Waals surface area contributed by atoms with Crippen LogP contribution >= 0.6 is 0 Å². The van der Waals surface area contributed by atoms with Gasteiger partial charge in [0, 0.05) is 34.8 Å². The largest absolute Gasteiger partial charge is 0.493 e. The van der Waals surface area contributed by atoms with Gasteiger partial charge in [-0.05, 0) is 41.8 Å². The smallest absolute Gasteiger partial charge is 0.228 e. The van der Waals surface area contributed by atoms with Gasteiger partial charge in [-0.3, -0.25) is 19.6 Å². The first-order chi connectivity index (χ1) is 20.7. The molecule has 43 heavy (non-hydrogen) atoms. The predicted molar refractivity (Wildman–Crippen MR) is 161 cm³/mol. The standard InChI is InChI=1S/C33H29FN4O5/c1-33(2)29(30(33)32(40)38-20-13-18-7-5-6-8-23(18)36-17-20)31(39)37-19-9-10-26(22(34)14-19)43-25-11-12-35-24-16-28(42-4)27(41-3)15-21(24)25/h5-17,29-30H,1-4H3,(H,37,39)(H,38,40)/t29-,30+/m1/s1. The van der Waals surface area contributed by atoms with E-state index in [1.54, 1.807) is 36.7 Å². The average Bonchev–Trinajstić information content (AvgIpc) is 3.59. The van der Waals surface area contributed by atoms with E-state index in [1.807, 2.05) is 44.2 Å². The van der Waals surface area contributed by atoms with Crippen molar-refractivity contribution in [1.82, 2.24) is 9.97 Å². The van der Waals surface area contributed by atoms with Crippen LogP contribution in [0.1, 0.15) is 13.8 Å². The number of methoxy groups -OCH3 is 2. The molecule has 1 aliphatic carbocycles. The van der Waals surface area contributed by atoms with Crippen molar-refractivity contribution < 1.29 is 28.2 Å². The molecule has 0 unspecified atom stereocenters. The maximum absolute atomic E-state index is 15.2. The number of hydrogen-bond acceptors (Lipinski definition) is 7. The highest BCUT2D eigenvalue weighted by molar-refractivity contribution is 6.05. The number of anilines is 2. The molecule has 2 atom stereocenters. The fraction of sp³-hybridized carbons (Fsp3) is 0.212. The molecule has 2 amide bonds. The van der Waals surface area contributed by atoms with Crippen LogP contribution in [0.3, 0.4) is 0 Å². The highest BCUT2D eigenvalue weighted by atomic mass is 19.1. The maximum atomic E-state index is 15.2. The molecule has 1 saturated carbocycles. The number of benzene rings is 3. The first-order valence-electron chi connectivity index (χ1n) is 13.6. The lowest BCUT2D eigenvalue weighted by Crippen LogP contribution is -2.20. The van der Waals surface area contributed by atoms with Gasteiger partial charge in [0.1, 0.15) is 5.75 Å². The Morgan fingerprint density at radius 3 is 2.19 bits per heavy atom. The van der Waals surface area contributed by atoms with Crippen LogP contribution in [0, 0.1) is 23.1 Å². The lowest BCUT2D eigenvalue weighted by molar-refractivity contribution is -0.122. The molecule has 0 radical (unpaired) electrons. The number of nitrogens with zero attached hydrogens (tertiary/aromatic N) is 2. The molecule has 2 aromatic heterocycles. The molecule has 5 aromatic rings. The number of hydrogen-bond donors (Lipinski definition) is 2. The number of pyridine rings is 2. The highest BCUT2D eigenvalue weighted by Gasteiger charge is 2.65. The van der Waals surface area contributed by atoms with Crippen molar-refractivity contribution in [2.24, 2.45) is 17.3 Å².